The Kier molecular flexibility index (Phi) is 6.09. The molecule has 1 saturated heterocycles. The van der Waals surface area contributed by atoms with Crippen molar-refractivity contribution in [2.45, 2.75) is 4.90 Å². The van der Waals surface area contributed by atoms with Crippen LogP contribution in [-0.2, 0) is 10.0 Å². The van der Waals surface area contributed by atoms with E-state index in [0.29, 0.717) is 24.9 Å². The second-order valence-electron chi connectivity index (χ2n) is 6.88. The summed E-state index contributed by atoms with van der Waals surface area (Å²) >= 11 is 6.09. The summed E-state index contributed by atoms with van der Waals surface area (Å²) in [5.41, 5.74) is 1.16. The van der Waals surface area contributed by atoms with Gasteiger partial charge in [-0.1, -0.05) is 54.1 Å². The van der Waals surface area contributed by atoms with E-state index in [4.69, 9.17) is 16.0 Å². The second-order valence-corrected chi connectivity index (χ2v) is 9.20. The minimum atomic E-state index is -3.70. The Morgan fingerprint density at radius 2 is 1.68 bits per heavy atom. The number of hydrogen-bond donors (Lipinski definition) is 0. The Labute approximate surface area is 185 Å². The van der Waals surface area contributed by atoms with E-state index in [-0.39, 0.29) is 28.7 Å². The van der Waals surface area contributed by atoms with Crippen LogP contribution in [0.25, 0.3) is 12.2 Å². The van der Waals surface area contributed by atoms with Crippen LogP contribution in [0, 0.1) is 11.3 Å². The first-order valence-corrected chi connectivity index (χ1v) is 11.4. The molecular formula is C22H19ClN4O3S. The van der Waals surface area contributed by atoms with E-state index in [9.17, 15) is 13.7 Å². The predicted octanol–water partition coefficient (Wildman–Crippen LogP) is 3.88. The number of anilines is 1. The third-order valence-electron chi connectivity index (χ3n) is 4.93. The molecule has 0 unspecified atom stereocenters. The van der Waals surface area contributed by atoms with E-state index >= 15 is 0 Å². The highest BCUT2D eigenvalue weighted by atomic mass is 35.5. The van der Waals surface area contributed by atoms with Gasteiger partial charge in [-0.2, -0.15) is 14.6 Å². The van der Waals surface area contributed by atoms with Crippen molar-refractivity contribution in [1.82, 2.24) is 9.29 Å². The highest BCUT2D eigenvalue weighted by Gasteiger charge is 2.31. The molecule has 0 bridgehead atoms. The predicted molar refractivity (Wildman–Crippen MR) is 119 cm³/mol. The van der Waals surface area contributed by atoms with Crippen LogP contribution >= 0.6 is 11.6 Å². The van der Waals surface area contributed by atoms with Crippen LogP contribution in [0.3, 0.4) is 0 Å². The topological polar surface area (TPSA) is 90.4 Å². The third-order valence-corrected chi connectivity index (χ3v) is 7.33. The van der Waals surface area contributed by atoms with E-state index < -0.39 is 10.0 Å². The molecule has 0 N–H and O–H groups in total. The van der Waals surface area contributed by atoms with Crippen molar-refractivity contribution in [3.63, 3.8) is 0 Å². The zero-order valence-electron chi connectivity index (χ0n) is 16.5. The zero-order valence-corrected chi connectivity index (χ0v) is 18.1. The molecule has 1 aromatic heterocycles. The fraction of sp³-hybridized carbons (Fsp3) is 0.182. The number of hydrogen-bond acceptors (Lipinski definition) is 6. The van der Waals surface area contributed by atoms with Gasteiger partial charge in [-0.15, -0.1) is 0 Å². The van der Waals surface area contributed by atoms with Crippen LogP contribution in [0.4, 0.5) is 5.88 Å². The zero-order chi connectivity index (χ0) is 21.8. The third kappa shape index (κ3) is 4.49. The number of halogens is 1. The number of oxazole rings is 1. The Morgan fingerprint density at radius 1 is 1.00 bits per heavy atom. The number of nitrogens with zero attached hydrogens (tertiary/aromatic N) is 4. The summed E-state index contributed by atoms with van der Waals surface area (Å²) in [6.45, 7) is 1.23. The number of nitriles is 1. The minimum Gasteiger partial charge on any atom is -0.420 e. The average Bonchev–Trinajstić information content (AvgIpc) is 3.22. The molecule has 1 fully saturated rings. The van der Waals surface area contributed by atoms with Crippen LogP contribution in [0.2, 0.25) is 5.02 Å². The molecule has 0 saturated carbocycles. The molecule has 0 atom stereocenters. The van der Waals surface area contributed by atoms with Gasteiger partial charge in [0.25, 0.3) is 0 Å². The smallest absolute Gasteiger partial charge is 0.244 e. The van der Waals surface area contributed by atoms with E-state index in [1.54, 1.807) is 24.3 Å². The van der Waals surface area contributed by atoms with Gasteiger partial charge in [0.2, 0.25) is 27.5 Å². The van der Waals surface area contributed by atoms with Gasteiger partial charge in [-0.05, 0) is 23.8 Å². The highest BCUT2D eigenvalue weighted by Crippen LogP contribution is 2.28. The molecule has 2 heterocycles. The first kappa shape index (κ1) is 21.1. The van der Waals surface area contributed by atoms with Gasteiger partial charge < -0.3 is 9.32 Å². The van der Waals surface area contributed by atoms with Gasteiger partial charge >= 0.3 is 0 Å². The molecule has 31 heavy (non-hydrogen) atoms. The monoisotopic (exact) mass is 454 g/mol. The van der Waals surface area contributed by atoms with Crippen LogP contribution in [0.1, 0.15) is 17.1 Å². The van der Waals surface area contributed by atoms with Gasteiger partial charge in [0.15, 0.2) is 0 Å². The molecule has 0 spiro atoms. The lowest BCUT2D eigenvalue weighted by molar-refractivity contribution is 0.373. The van der Waals surface area contributed by atoms with Crippen molar-refractivity contribution < 1.29 is 12.8 Å². The molecule has 7 nitrogen and oxygen atoms in total. The molecule has 2 aromatic carbocycles. The van der Waals surface area contributed by atoms with Crippen molar-refractivity contribution in [3.8, 4) is 6.07 Å². The lowest BCUT2D eigenvalue weighted by Crippen LogP contribution is -2.48. The number of benzene rings is 2. The van der Waals surface area contributed by atoms with Crippen LogP contribution < -0.4 is 4.90 Å². The van der Waals surface area contributed by atoms with Gasteiger partial charge in [0.05, 0.1) is 5.02 Å². The fourth-order valence-corrected chi connectivity index (χ4v) is 5.26. The van der Waals surface area contributed by atoms with Crippen LogP contribution in [0.5, 0.6) is 0 Å². The summed E-state index contributed by atoms with van der Waals surface area (Å²) in [5, 5.41) is 9.66. The molecule has 0 aliphatic carbocycles. The van der Waals surface area contributed by atoms with Gasteiger partial charge in [0.1, 0.15) is 11.0 Å². The number of aromatic nitrogens is 1. The lowest BCUT2D eigenvalue weighted by Gasteiger charge is -2.33. The Morgan fingerprint density at radius 3 is 2.35 bits per heavy atom. The molecule has 3 aromatic rings. The first-order valence-electron chi connectivity index (χ1n) is 9.63. The highest BCUT2D eigenvalue weighted by molar-refractivity contribution is 7.89. The average molecular weight is 455 g/mol. The van der Waals surface area contributed by atoms with E-state index in [2.05, 4.69) is 11.1 Å². The first-order chi connectivity index (χ1) is 15.0. The van der Waals surface area contributed by atoms with Crippen molar-refractivity contribution in [3.05, 3.63) is 76.8 Å². The van der Waals surface area contributed by atoms with Gasteiger partial charge in [-0.25, -0.2) is 8.42 Å². The SMILES string of the molecule is N#Cc1nc(/C=C/c2ccccc2)oc1N1CCN(S(=O)(=O)c2ccccc2Cl)CC1. The number of sulfonamides is 1. The molecule has 4 rings (SSSR count). The summed E-state index contributed by atoms with van der Waals surface area (Å²) in [7, 11) is -3.70. The van der Waals surface area contributed by atoms with E-state index in [1.165, 1.54) is 10.4 Å². The molecule has 158 valence electrons. The van der Waals surface area contributed by atoms with Crippen molar-refractivity contribution in [2.75, 3.05) is 31.1 Å². The summed E-state index contributed by atoms with van der Waals surface area (Å²) in [4.78, 5) is 6.17. The normalized spacial score (nSPS) is 15.3. The Hall–Kier alpha value is -3.12. The Balaban J connectivity index is 1.49. The number of rotatable bonds is 5. The molecule has 1 aliphatic rings. The fourth-order valence-electron chi connectivity index (χ4n) is 3.34. The summed E-state index contributed by atoms with van der Waals surface area (Å²) in [6.07, 6.45) is 3.56. The van der Waals surface area contributed by atoms with Crippen molar-refractivity contribution >= 4 is 39.7 Å². The largest absolute Gasteiger partial charge is 0.420 e. The quantitative estimate of drug-likeness (QED) is 0.581. The maximum absolute atomic E-state index is 12.9. The molecule has 0 radical (unpaired) electrons. The van der Waals surface area contributed by atoms with Crippen molar-refractivity contribution in [1.29, 1.82) is 5.26 Å². The summed E-state index contributed by atoms with van der Waals surface area (Å²) in [5.74, 6) is 0.673. The van der Waals surface area contributed by atoms with Crippen LogP contribution in [-0.4, -0.2) is 43.9 Å². The summed E-state index contributed by atoms with van der Waals surface area (Å²) < 4.78 is 33.0. The minimum absolute atomic E-state index is 0.0934. The Bertz CT molecular complexity index is 1240. The molecule has 1 aliphatic heterocycles. The number of piperazine rings is 1. The molecular weight excluding hydrogens is 436 g/mol. The van der Waals surface area contributed by atoms with Gasteiger partial charge in [0, 0.05) is 32.3 Å². The van der Waals surface area contributed by atoms with Crippen LogP contribution in [0.15, 0.2) is 63.9 Å². The van der Waals surface area contributed by atoms with E-state index in [1.807, 2.05) is 41.3 Å². The molecule has 9 heteroatoms. The maximum Gasteiger partial charge on any atom is 0.244 e. The maximum atomic E-state index is 12.9. The summed E-state index contributed by atoms with van der Waals surface area (Å²) in [6, 6.07) is 18.1. The molecule has 0 amide bonds. The lowest BCUT2D eigenvalue weighted by atomic mass is 10.2. The van der Waals surface area contributed by atoms with Gasteiger partial charge in [-0.3, -0.25) is 0 Å². The second kappa shape index (κ2) is 8.94. The van der Waals surface area contributed by atoms with E-state index in [0.717, 1.165) is 5.56 Å². The van der Waals surface area contributed by atoms with Crippen molar-refractivity contribution in [2.24, 2.45) is 0 Å². The standard InChI is InChI=1S/C22H19ClN4O3S/c23-18-8-4-5-9-20(18)31(28,29)27-14-12-26(13-15-27)22-19(16-24)25-21(30-22)11-10-17-6-2-1-3-7-17/h1-11H,12-15H2/b11-10+.